The first-order valence-corrected chi connectivity index (χ1v) is 2.84. The summed E-state index contributed by atoms with van der Waals surface area (Å²) in [7, 11) is 0. The third-order valence-corrected chi connectivity index (χ3v) is 1.31. The standard InChI is InChI=1S/C5H9N3O/c6-5(9)4-1-2-7-8-3-4/h2,4,8H,1,3H2,(H2,6,9). The Morgan fingerprint density at radius 2 is 2.67 bits per heavy atom. The maximum absolute atomic E-state index is 10.5. The Balaban J connectivity index is 2.44. The van der Waals surface area contributed by atoms with Gasteiger partial charge in [-0.15, -0.1) is 0 Å². The van der Waals surface area contributed by atoms with Crippen LogP contribution in [0, 0.1) is 5.92 Å². The summed E-state index contributed by atoms with van der Waals surface area (Å²) in [4.78, 5) is 10.5. The zero-order chi connectivity index (χ0) is 6.69. The summed E-state index contributed by atoms with van der Waals surface area (Å²) in [5.74, 6) is -0.323. The van der Waals surface area contributed by atoms with Crippen molar-refractivity contribution in [2.75, 3.05) is 6.54 Å². The highest BCUT2D eigenvalue weighted by Crippen LogP contribution is 2.00. The molecule has 1 amide bonds. The molecule has 3 N–H and O–H groups in total. The van der Waals surface area contributed by atoms with E-state index in [2.05, 4.69) is 10.5 Å². The second-order valence-electron chi connectivity index (χ2n) is 2.01. The molecule has 0 aliphatic carbocycles. The van der Waals surface area contributed by atoms with Gasteiger partial charge in [0.2, 0.25) is 5.91 Å². The Labute approximate surface area is 53.1 Å². The second kappa shape index (κ2) is 2.48. The van der Waals surface area contributed by atoms with Gasteiger partial charge in [0.25, 0.3) is 0 Å². The molecule has 50 valence electrons. The van der Waals surface area contributed by atoms with Crippen molar-refractivity contribution in [2.45, 2.75) is 6.42 Å². The van der Waals surface area contributed by atoms with Crippen molar-refractivity contribution >= 4 is 12.1 Å². The van der Waals surface area contributed by atoms with E-state index in [4.69, 9.17) is 5.73 Å². The fourth-order valence-electron chi connectivity index (χ4n) is 0.707. The summed E-state index contributed by atoms with van der Waals surface area (Å²) in [6.07, 6.45) is 2.33. The number of nitrogens with two attached hydrogens (primary N) is 1. The molecule has 1 aliphatic heterocycles. The zero-order valence-corrected chi connectivity index (χ0v) is 5.00. The predicted molar refractivity (Wildman–Crippen MR) is 33.8 cm³/mol. The number of carbonyl (C=O) groups is 1. The molecule has 1 unspecified atom stereocenters. The van der Waals surface area contributed by atoms with E-state index in [0.29, 0.717) is 13.0 Å². The number of rotatable bonds is 1. The van der Waals surface area contributed by atoms with Gasteiger partial charge in [-0.25, -0.2) is 0 Å². The third-order valence-electron chi connectivity index (χ3n) is 1.31. The highest BCUT2D eigenvalue weighted by atomic mass is 16.1. The minimum atomic E-state index is -0.256. The molecule has 0 spiro atoms. The van der Waals surface area contributed by atoms with Gasteiger partial charge in [0.05, 0.1) is 5.92 Å². The maximum Gasteiger partial charge on any atom is 0.222 e. The molecule has 0 aromatic carbocycles. The highest BCUT2D eigenvalue weighted by Gasteiger charge is 2.15. The lowest BCUT2D eigenvalue weighted by Crippen LogP contribution is -2.34. The number of hydrogen-bond donors (Lipinski definition) is 2. The van der Waals surface area contributed by atoms with E-state index in [0.717, 1.165) is 0 Å². The molecule has 0 bridgehead atoms. The average Bonchev–Trinajstić information content (AvgIpc) is 1.90. The van der Waals surface area contributed by atoms with Crippen molar-refractivity contribution in [1.82, 2.24) is 5.43 Å². The summed E-state index contributed by atoms with van der Waals surface area (Å²) in [6, 6.07) is 0. The summed E-state index contributed by atoms with van der Waals surface area (Å²) < 4.78 is 0. The molecule has 0 saturated heterocycles. The average molecular weight is 127 g/mol. The Kier molecular flexibility index (Phi) is 1.67. The molecule has 4 heteroatoms. The van der Waals surface area contributed by atoms with Crippen molar-refractivity contribution in [2.24, 2.45) is 16.8 Å². The Morgan fingerprint density at radius 1 is 1.89 bits per heavy atom. The van der Waals surface area contributed by atoms with Gasteiger partial charge in [0, 0.05) is 12.8 Å². The van der Waals surface area contributed by atoms with E-state index in [9.17, 15) is 4.79 Å². The van der Waals surface area contributed by atoms with Crippen LogP contribution < -0.4 is 11.2 Å². The van der Waals surface area contributed by atoms with Gasteiger partial charge >= 0.3 is 0 Å². The molecule has 0 aromatic heterocycles. The highest BCUT2D eigenvalue weighted by molar-refractivity contribution is 5.80. The fourth-order valence-corrected chi connectivity index (χ4v) is 0.707. The fraction of sp³-hybridized carbons (Fsp3) is 0.600. The van der Waals surface area contributed by atoms with Crippen molar-refractivity contribution in [1.29, 1.82) is 0 Å². The Bertz CT molecular complexity index is 143. The van der Waals surface area contributed by atoms with Crippen molar-refractivity contribution in [3.8, 4) is 0 Å². The lowest BCUT2D eigenvalue weighted by molar-refractivity contribution is -0.121. The van der Waals surface area contributed by atoms with E-state index >= 15 is 0 Å². The molecule has 0 aromatic rings. The molecule has 1 atom stereocenters. The summed E-state index contributed by atoms with van der Waals surface area (Å²) >= 11 is 0. The lowest BCUT2D eigenvalue weighted by Gasteiger charge is -2.13. The van der Waals surface area contributed by atoms with E-state index in [-0.39, 0.29) is 11.8 Å². The SMILES string of the molecule is NC(=O)C1CC=NNC1. The molecule has 4 nitrogen and oxygen atoms in total. The molecule has 0 saturated carbocycles. The monoisotopic (exact) mass is 127 g/mol. The van der Waals surface area contributed by atoms with Gasteiger partial charge in [-0.3, -0.25) is 4.79 Å². The molecule has 1 aliphatic rings. The van der Waals surface area contributed by atoms with E-state index in [1.807, 2.05) is 0 Å². The second-order valence-corrected chi connectivity index (χ2v) is 2.01. The van der Waals surface area contributed by atoms with Crippen LogP contribution in [0.3, 0.4) is 0 Å². The number of primary amides is 1. The number of amides is 1. The lowest BCUT2D eigenvalue weighted by atomic mass is 10.1. The number of nitrogens with zero attached hydrogens (tertiary/aromatic N) is 1. The first-order valence-electron chi connectivity index (χ1n) is 2.84. The molecular formula is C5H9N3O. The van der Waals surface area contributed by atoms with Gasteiger partial charge < -0.3 is 11.2 Å². The van der Waals surface area contributed by atoms with E-state index < -0.39 is 0 Å². The number of hydrogen-bond acceptors (Lipinski definition) is 3. The summed E-state index contributed by atoms with van der Waals surface area (Å²) in [6.45, 7) is 0.575. The minimum Gasteiger partial charge on any atom is -0.369 e. The van der Waals surface area contributed by atoms with Crippen LogP contribution in [0.2, 0.25) is 0 Å². The van der Waals surface area contributed by atoms with E-state index in [1.165, 1.54) is 0 Å². The molecule has 1 heterocycles. The van der Waals surface area contributed by atoms with Crippen LogP contribution >= 0.6 is 0 Å². The van der Waals surface area contributed by atoms with Gasteiger partial charge in [-0.05, 0) is 6.42 Å². The topological polar surface area (TPSA) is 67.5 Å². The molecule has 0 radical (unpaired) electrons. The van der Waals surface area contributed by atoms with Crippen LogP contribution in [0.5, 0.6) is 0 Å². The van der Waals surface area contributed by atoms with Crippen molar-refractivity contribution in [3.05, 3.63) is 0 Å². The molecular weight excluding hydrogens is 118 g/mol. The Morgan fingerprint density at radius 3 is 3.00 bits per heavy atom. The number of carbonyl (C=O) groups excluding carboxylic acids is 1. The van der Waals surface area contributed by atoms with Gasteiger partial charge in [-0.2, -0.15) is 5.10 Å². The molecule has 0 fully saturated rings. The maximum atomic E-state index is 10.5. The van der Waals surface area contributed by atoms with Crippen LogP contribution in [-0.2, 0) is 4.79 Å². The van der Waals surface area contributed by atoms with Crippen molar-refractivity contribution < 1.29 is 4.79 Å². The van der Waals surface area contributed by atoms with Crippen LogP contribution in [0.25, 0.3) is 0 Å². The predicted octanol–water partition coefficient (Wildman–Crippen LogP) is -0.933. The van der Waals surface area contributed by atoms with Gasteiger partial charge in [0.1, 0.15) is 0 Å². The van der Waals surface area contributed by atoms with Crippen LogP contribution in [-0.4, -0.2) is 18.7 Å². The van der Waals surface area contributed by atoms with Crippen LogP contribution in [0.4, 0.5) is 0 Å². The third kappa shape index (κ3) is 1.42. The molecule has 9 heavy (non-hydrogen) atoms. The summed E-state index contributed by atoms with van der Waals surface area (Å²) in [5, 5.41) is 3.73. The Hall–Kier alpha value is -1.06. The van der Waals surface area contributed by atoms with Crippen LogP contribution in [0.15, 0.2) is 5.10 Å². The largest absolute Gasteiger partial charge is 0.369 e. The van der Waals surface area contributed by atoms with Crippen molar-refractivity contribution in [3.63, 3.8) is 0 Å². The van der Waals surface area contributed by atoms with Gasteiger partial charge in [-0.1, -0.05) is 0 Å². The zero-order valence-electron chi connectivity index (χ0n) is 5.00. The quantitative estimate of drug-likeness (QED) is 0.477. The van der Waals surface area contributed by atoms with Gasteiger partial charge in [0.15, 0.2) is 0 Å². The summed E-state index contributed by atoms with van der Waals surface area (Å²) in [5.41, 5.74) is 7.71. The number of nitrogens with one attached hydrogen (secondary N) is 1. The first kappa shape index (κ1) is 6.07. The van der Waals surface area contributed by atoms with Crippen LogP contribution in [0.1, 0.15) is 6.42 Å². The molecule has 1 rings (SSSR count). The number of hydrazone groups is 1. The first-order chi connectivity index (χ1) is 4.30. The van der Waals surface area contributed by atoms with E-state index in [1.54, 1.807) is 6.21 Å². The minimum absolute atomic E-state index is 0.0671. The normalized spacial score (nSPS) is 25.1. The smallest absolute Gasteiger partial charge is 0.222 e.